The van der Waals surface area contributed by atoms with Gasteiger partial charge in [0.25, 0.3) is 0 Å². The van der Waals surface area contributed by atoms with Gasteiger partial charge in [-0.2, -0.15) is 25.4 Å². The van der Waals surface area contributed by atoms with Crippen LogP contribution in [0.25, 0.3) is 0 Å². The van der Waals surface area contributed by atoms with Crippen molar-refractivity contribution >= 4 is 139 Å². The molecule has 2 aromatic rings. The number of carboxylic acid groups (broad SMARTS) is 1. The van der Waals surface area contributed by atoms with Crippen molar-refractivity contribution in [3.05, 3.63) is 78.7 Å². The van der Waals surface area contributed by atoms with Gasteiger partial charge in [0, 0.05) is 35.2 Å². The third kappa shape index (κ3) is 14.0. The monoisotopic (exact) mass is 1180 g/mol. The molecule has 17 nitrogen and oxygen atoms in total. The molecule has 0 radical (unpaired) electrons. The van der Waals surface area contributed by atoms with E-state index in [1.807, 2.05) is 0 Å². The summed E-state index contributed by atoms with van der Waals surface area (Å²) in [6.07, 6.45) is 14.0. The summed E-state index contributed by atoms with van der Waals surface area (Å²) in [5, 5.41) is 13.0. The van der Waals surface area contributed by atoms with Crippen molar-refractivity contribution in [2.24, 2.45) is 64.5 Å². The summed E-state index contributed by atoms with van der Waals surface area (Å²) in [5.41, 5.74) is 15.8. The van der Waals surface area contributed by atoms with Gasteiger partial charge in [-0.15, -0.1) is 12.4 Å². The fourth-order valence-corrected chi connectivity index (χ4v) is 18.1. The van der Waals surface area contributed by atoms with Crippen molar-refractivity contribution in [1.29, 1.82) is 0 Å². The Bertz CT molecular complexity index is 2490. The smallest absolute Gasteiger partial charge is 0.318 e. The average Bonchev–Trinajstić information content (AvgIpc) is 3.24. The van der Waals surface area contributed by atoms with Gasteiger partial charge in [0.2, 0.25) is 18.7 Å². The van der Waals surface area contributed by atoms with E-state index in [1.54, 1.807) is 6.42 Å². The highest BCUT2D eigenvalue weighted by Crippen LogP contribution is 2.54. The van der Waals surface area contributed by atoms with E-state index in [-0.39, 0.29) is 106 Å². The fraction of sp³-hybridized carbons (Fsp3) is 0.565. The van der Waals surface area contributed by atoms with E-state index in [4.69, 9.17) is 90.0 Å². The molecule has 8 N–H and O–H groups in total. The zero-order valence-corrected chi connectivity index (χ0v) is 46.2. The minimum atomic E-state index is -4.09. The molecule has 2 aliphatic heterocycles. The molecule has 8 saturated carbocycles. The van der Waals surface area contributed by atoms with Crippen LogP contribution in [0.3, 0.4) is 0 Å². The molecular formula is C46H61Cl7N8O9S2. The molecule has 0 unspecified atom stereocenters. The van der Waals surface area contributed by atoms with Crippen LogP contribution in [0.5, 0.6) is 0 Å². The lowest BCUT2D eigenvalue weighted by Crippen LogP contribution is -2.58. The van der Waals surface area contributed by atoms with Crippen LogP contribution in [0.1, 0.15) is 64.2 Å². The van der Waals surface area contributed by atoms with E-state index in [0.29, 0.717) is 34.0 Å². The highest BCUT2D eigenvalue weighted by atomic mass is 35.5. The number of amides is 3. The second-order valence-electron chi connectivity index (χ2n) is 19.7. The molecule has 26 heteroatoms. The lowest BCUT2D eigenvalue weighted by Gasteiger charge is -2.54. The van der Waals surface area contributed by atoms with Gasteiger partial charge in [-0.05, 0) is 147 Å². The number of nitrogens with zero attached hydrogens (tertiary/aromatic N) is 4. The predicted molar refractivity (Wildman–Crippen MR) is 286 cm³/mol. The van der Waals surface area contributed by atoms with Crippen LogP contribution in [0, 0.1) is 47.3 Å². The Balaban J connectivity index is 0.000000207. The third-order valence-corrected chi connectivity index (χ3v) is 19.8. The van der Waals surface area contributed by atoms with Gasteiger partial charge < -0.3 is 27.6 Å². The lowest BCUT2D eigenvalue weighted by atomic mass is 9.54. The number of carbonyl (C=O) groups excluding carboxylic acids is 3. The largest absolute Gasteiger partial charge is 0.480 e. The van der Waals surface area contributed by atoms with Crippen LogP contribution in [0.4, 0.5) is 11.4 Å². The number of primary amides is 2. The maximum absolute atomic E-state index is 13.4. The van der Waals surface area contributed by atoms with E-state index in [0.717, 1.165) is 52.7 Å². The molecule has 0 spiro atoms. The zero-order chi connectivity index (χ0) is 52.3. The summed E-state index contributed by atoms with van der Waals surface area (Å²) >= 11 is 36.5. The Morgan fingerprint density at radius 1 is 0.597 bits per heavy atom. The molecule has 2 aromatic carbocycles. The molecule has 8 aliphatic carbocycles. The number of hydrogen-bond donors (Lipinski definition) is 5. The van der Waals surface area contributed by atoms with Crippen molar-refractivity contribution in [2.75, 3.05) is 47.9 Å². The van der Waals surface area contributed by atoms with E-state index in [2.05, 4.69) is 29.9 Å². The summed E-state index contributed by atoms with van der Waals surface area (Å²) in [6.45, 7) is 6.77. The molecule has 3 amide bonds. The highest BCUT2D eigenvalue weighted by molar-refractivity contribution is 7.91. The number of hydrogen-bond acceptors (Lipinski definition) is 9. The van der Waals surface area contributed by atoms with Crippen LogP contribution in [-0.4, -0.2) is 107 Å². The van der Waals surface area contributed by atoms with Crippen molar-refractivity contribution in [2.45, 2.75) is 76.3 Å². The first-order valence-corrected chi connectivity index (χ1v) is 28.2. The molecule has 10 fully saturated rings. The topological polar surface area (TPSA) is 260 Å². The molecule has 10 aliphatic rings. The van der Waals surface area contributed by atoms with Gasteiger partial charge in [0.15, 0.2) is 0 Å². The second-order valence-corrected chi connectivity index (χ2v) is 25.9. The number of carbonyl (C=O) groups is 4. The zero-order valence-electron chi connectivity index (χ0n) is 39.2. The van der Waals surface area contributed by atoms with Crippen molar-refractivity contribution in [3.63, 3.8) is 0 Å². The minimum absolute atomic E-state index is 0. The van der Waals surface area contributed by atoms with Crippen molar-refractivity contribution < 1.29 is 41.1 Å². The highest BCUT2D eigenvalue weighted by Gasteiger charge is 2.50. The normalized spacial score (nSPS) is 30.1. The summed E-state index contributed by atoms with van der Waals surface area (Å²) in [6, 6.07) is 6.35. The predicted octanol–water partition coefficient (Wildman–Crippen LogP) is 7.56. The van der Waals surface area contributed by atoms with E-state index >= 15 is 0 Å². The van der Waals surface area contributed by atoms with Crippen LogP contribution < -0.4 is 31.1 Å². The first kappa shape index (κ1) is 60.1. The average molecular weight is 1180 g/mol. The van der Waals surface area contributed by atoms with Gasteiger partial charge in [-0.1, -0.05) is 82.8 Å². The number of carboxylic acids is 1. The lowest BCUT2D eigenvalue weighted by molar-refractivity contribution is -0.137. The van der Waals surface area contributed by atoms with E-state index < -0.39 is 32.9 Å². The van der Waals surface area contributed by atoms with E-state index in [9.17, 15) is 26.4 Å². The first-order valence-electron chi connectivity index (χ1n) is 23.2. The molecule has 72 heavy (non-hydrogen) atoms. The van der Waals surface area contributed by atoms with Crippen molar-refractivity contribution in [1.82, 2.24) is 13.9 Å². The van der Waals surface area contributed by atoms with Crippen LogP contribution in [-0.2, 0) is 39.6 Å². The maximum atomic E-state index is 13.4. The summed E-state index contributed by atoms with van der Waals surface area (Å²) in [7, 11) is -8.12. The first-order chi connectivity index (χ1) is 33.4. The summed E-state index contributed by atoms with van der Waals surface area (Å²) in [4.78, 5) is 41.0. The Kier molecular flexibility index (Phi) is 21.2. The number of anilines is 2. The molecule has 0 atom stereocenters. The molecule has 2 saturated heterocycles. The molecule has 0 aromatic heterocycles. The van der Waals surface area contributed by atoms with Gasteiger partial charge >= 0.3 is 26.4 Å². The second kappa shape index (κ2) is 25.4. The molecule has 8 bridgehead atoms. The number of aliphatic carboxylic acids is 1. The van der Waals surface area contributed by atoms with Crippen LogP contribution >= 0.6 is 82.0 Å². The van der Waals surface area contributed by atoms with Crippen molar-refractivity contribution in [3.8, 4) is 0 Å². The number of nitrogens with two attached hydrogens (primary N) is 3. The van der Waals surface area contributed by atoms with Crippen LogP contribution in [0.2, 0.25) is 30.1 Å². The molecule has 2 heterocycles. The van der Waals surface area contributed by atoms with Gasteiger partial charge in [-0.3, -0.25) is 27.8 Å². The SMILES string of the molecule is C=C1CN(CC(=O)NC2C3CC4CC(C3)CC2C4)S(=O)(=O)N(c2c(Cl)cc(Cl)cc2Cl)C1.C=C1CN(CC(=O)O)S(=O)(=O)N(c2c(Cl)cc(Cl)cc2Cl)C1.Cl.NC1C2CC3CC(C2)CC1C3.NC=O.NC=O. The number of rotatable bonds is 7. The fourth-order valence-electron chi connectivity index (χ4n) is 12.5. The standard InChI is InChI=1S/C22H26Cl3N3O3S.C12H11Cl3N2O4S.C10H17N.2CH3NO.ClH/c1-12-9-27(32(30,31)28(10-12)22-18(24)7-17(23)8-19(22)25)11-20(29)26-21-15-3-13-2-14(5-15)6-16(21)4-13;1-7-4-16(6-11(18)19)22(20,21)17(5-7)12-9(14)2-8(13)3-10(12)15;11-10-8-2-6-1-7(4-8)5-9(10)3-6;2*2-1-3;/h7-8,13-16,21H,1-6,9-11H2,(H,26,29);2-3H,1,4-6H2,(H,18,19);6-10H,1-5,11H2;2*1H,(H2,2,3);1H. The third-order valence-electron chi connectivity index (χ3n) is 14.7. The van der Waals surface area contributed by atoms with E-state index in [1.165, 1.54) is 82.1 Å². The Morgan fingerprint density at radius 3 is 1.22 bits per heavy atom. The quantitative estimate of drug-likeness (QED) is 0.134. The van der Waals surface area contributed by atoms with Gasteiger partial charge in [-0.25, -0.2) is 0 Å². The minimum Gasteiger partial charge on any atom is -0.480 e. The maximum Gasteiger partial charge on any atom is 0.318 e. The number of halogens is 7. The Morgan fingerprint density at radius 2 is 0.903 bits per heavy atom. The summed E-state index contributed by atoms with van der Waals surface area (Å²) < 4.78 is 55.9. The number of nitrogens with one attached hydrogen (secondary N) is 1. The molecular weight excluding hydrogens is 1120 g/mol. The molecule has 400 valence electrons. The summed E-state index contributed by atoms with van der Waals surface area (Å²) in [5.74, 6) is 5.11. The Labute approximate surface area is 457 Å². The van der Waals surface area contributed by atoms with Gasteiger partial charge in [0.1, 0.15) is 6.54 Å². The van der Waals surface area contributed by atoms with Gasteiger partial charge in [0.05, 0.1) is 51.1 Å². The van der Waals surface area contributed by atoms with Crippen LogP contribution in [0.15, 0.2) is 48.6 Å². The number of benzene rings is 2. The molecule has 12 rings (SSSR count). The Hall–Kier alpha value is -2.79.